The van der Waals surface area contributed by atoms with Crippen LogP contribution in [0.5, 0.6) is 0 Å². The number of benzene rings is 1. The molecule has 0 bridgehead atoms. The van der Waals surface area contributed by atoms with Crippen LogP contribution in [0.4, 0.5) is 18.9 Å². The molecule has 0 N–H and O–H groups in total. The Balaban J connectivity index is 3.46. The van der Waals surface area contributed by atoms with Crippen molar-refractivity contribution in [1.29, 1.82) is 0 Å². The number of esters is 1. The van der Waals surface area contributed by atoms with E-state index < -0.39 is 56.9 Å². The molecule has 0 aliphatic heterocycles. The highest BCUT2D eigenvalue weighted by Gasteiger charge is 2.39. The van der Waals surface area contributed by atoms with Gasteiger partial charge in [-0.2, -0.15) is 4.39 Å². The van der Waals surface area contributed by atoms with Crippen molar-refractivity contribution >= 4 is 23.7 Å². The average molecular weight is 416 g/mol. The molecule has 0 aromatic heterocycles. The largest absolute Gasteiger partial charge is 0.465 e. The third kappa shape index (κ3) is 5.85. The van der Waals surface area contributed by atoms with Crippen molar-refractivity contribution < 1.29 is 32.4 Å². The summed E-state index contributed by atoms with van der Waals surface area (Å²) in [6, 6.07) is 0. The minimum absolute atomic E-state index is 0.0245. The first-order valence-electron chi connectivity index (χ1n) is 9.21. The first kappa shape index (κ1) is 24.3. The second kappa shape index (κ2) is 11.3. The molecule has 10 heteroatoms. The van der Waals surface area contributed by atoms with Crippen LogP contribution in [0.2, 0.25) is 0 Å². The lowest BCUT2D eigenvalue weighted by atomic mass is 9.94. The smallest absolute Gasteiger partial charge is 0.322 e. The Morgan fingerprint density at radius 3 is 2.31 bits per heavy atom. The highest BCUT2D eigenvalue weighted by molar-refractivity contribution is 6.20. The quantitative estimate of drug-likeness (QED) is 0.0781. The van der Waals surface area contributed by atoms with Crippen LogP contribution in [0, 0.1) is 40.4 Å². The number of carbonyl (C=O) groups is 2. The number of carbonyl (C=O) groups excluding carboxylic acids is 2. The van der Waals surface area contributed by atoms with Gasteiger partial charge in [0.05, 0.1) is 11.5 Å². The van der Waals surface area contributed by atoms with Gasteiger partial charge in [0.2, 0.25) is 5.82 Å². The van der Waals surface area contributed by atoms with Gasteiger partial charge in [0.1, 0.15) is 11.4 Å². The normalized spacial score (nSPS) is 12.2. The Morgan fingerprint density at radius 2 is 1.76 bits per heavy atom. The van der Waals surface area contributed by atoms with Crippen LogP contribution in [0.25, 0.3) is 0 Å². The Bertz CT molecular complexity index is 812. The van der Waals surface area contributed by atoms with Gasteiger partial charge in [-0.25, -0.2) is 8.78 Å². The van der Waals surface area contributed by atoms with Gasteiger partial charge >= 0.3 is 11.7 Å². The lowest BCUT2D eigenvalue weighted by Crippen LogP contribution is -2.30. The lowest BCUT2D eigenvalue weighted by Gasteiger charge is -2.14. The van der Waals surface area contributed by atoms with E-state index in [0.717, 1.165) is 19.6 Å². The summed E-state index contributed by atoms with van der Waals surface area (Å²) in [7, 11) is 0. The summed E-state index contributed by atoms with van der Waals surface area (Å²) in [6.07, 6.45) is 3.52. The summed E-state index contributed by atoms with van der Waals surface area (Å²) in [4.78, 5) is 38.9. The monoisotopic (exact) mass is 416 g/mol. The van der Waals surface area contributed by atoms with Gasteiger partial charge in [-0.05, 0) is 19.8 Å². The lowest BCUT2D eigenvalue weighted by molar-refractivity contribution is -0.388. The van der Waals surface area contributed by atoms with Crippen LogP contribution in [0.3, 0.4) is 0 Å². The number of rotatable bonds is 11. The van der Waals surface area contributed by atoms with Crippen LogP contribution < -0.4 is 0 Å². The molecule has 1 rings (SSSR count). The molecule has 29 heavy (non-hydrogen) atoms. The van der Waals surface area contributed by atoms with E-state index in [2.05, 4.69) is 4.99 Å². The summed E-state index contributed by atoms with van der Waals surface area (Å²) < 4.78 is 47.4. The van der Waals surface area contributed by atoms with Crippen molar-refractivity contribution in [2.24, 2.45) is 10.9 Å². The van der Waals surface area contributed by atoms with Crippen molar-refractivity contribution in [3.8, 4) is 0 Å². The molecule has 0 aliphatic rings. The molecule has 1 aromatic carbocycles. The molecule has 0 aliphatic carbocycles. The van der Waals surface area contributed by atoms with E-state index in [4.69, 9.17) is 4.74 Å². The predicted octanol–water partition coefficient (Wildman–Crippen LogP) is 4.33. The topological polar surface area (TPSA) is 98.9 Å². The Morgan fingerprint density at radius 1 is 1.14 bits per heavy atom. The molecule has 0 amide bonds. The van der Waals surface area contributed by atoms with Crippen LogP contribution in [-0.2, 0) is 9.53 Å². The van der Waals surface area contributed by atoms with Crippen LogP contribution in [0.1, 0.15) is 55.5 Å². The number of Topliss-reactive ketones (excluding diaryl/α,β-unsaturated/α-hetero) is 1. The number of hydrogen-bond acceptors (Lipinski definition) is 6. The fourth-order valence-electron chi connectivity index (χ4n) is 2.39. The van der Waals surface area contributed by atoms with E-state index in [1.165, 1.54) is 0 Å². The molecule has 0 saturated heterocycles. The number of ketones is 1. The minimum atomic E-state index is -1.97. The minimum Gasteiger partial charge on any atom is -0.465 e. The van der Waals surface area contributed by atoms with Gasteiger partial charge in [0.15, 0.2) is 17.5 Å². The molecule has 0 heterocycles. The van der Waals surface area contributed by atoms with Crippen molar-refractivity contribution in [3.63, 3.8) is 0 Å². The summed E-state index contributed by atoms with van der Waals surface area (Å²) in [5, 5.41) is 11.2. The fourth-order valence-corrected chi connectivity index (χ4v) is 2.39. The maximum absolute atomic E-state index is 14.6. The van der Waals surface area contributed by atoms with E-state index in [1.54, 1.807) is 0 Å². The molecular formula is C19H23F3N2O5. The van der Waals surface area contributed by atoms with E-state index in [1.807, 2.05) is 13.8 Å². The predicted molar refractivity (Wildman–Crippen MR) is 99.7 cm³/mol. The number of unbranched alkanes of at least 4 members (excludes halogenated alkanes) is 2. The third-order valence-corrected chi connectivity index (χ3v) is 4.12. The zero-order valence-electron chi connectivity index (χ0n) is 16.5. The van der Waals surface area contributed by atoms with E-state index in [0.29, 0.717) is 19.3 Å². The number of hydrogen-bond donors (Lipinski definition) is 0. The van der Waals surface area contributed by atoms with Gasteiger partial charge in [-0.15, -0.1) is 0 Å². The van der Waals surface area contributed by atoms with Crippen LogP contribution >= 0.6 is 0 Å². The van der Waals surface area contributed by atoms with E-state index in [-0.39, 0.29) is 13.2 Å². The number of aliphatic imine (C=N–C) groups is 1. The molecule has 1 atom stereocenters. The van der Waals surface area contributed by atoms with Crippen molar-refractivity contribution in [1.82, 2.24) is 0 Å². The van der Waals surface area contributed by atoms with Crippen molar-refractivity contribution in [3.05, 3.63) is 38.7 Å². The zero-order chi connectivity index (χ0) is 22.1. The molecular weight excluding hydrogens is 393 g/mol. The Labute approximate surface area is 166 Å². The summed E-state index contributed by atoms with van der Waals surface area (Å²) >= 11 is 0. The Hall–Kier alpha value is -2.78. The number of halogens is 3. The van der Waals surface area contributed by atoms with Gasteiger partial charge in [0.25, 0.3) is 0 Å². The average Bonchev–Trinajstić information content (AvgIpc) is 2.68. The second-order valence-electron chi connectivity index (χ2n) is 6.32. The van der Waals surface area contributed by atoms with Gasteiger partial charge < -0.3 is 4.74 Å². The summed E-state index contributed by atoms with van der Waals surface area (Å²) in [5.74, 6) is -9.68. The first-order chi connectivity index (χ1) is 13.7. The van der Waals surface area contributed by atoms with Crippen molar-refractivity contribution in [2.75, 3.05) is 13.2 Å². The fraction of sp³-hybridized carbons (Fsp3) is 0.526. The second-order valence-corrected chi connectivity index (χ2v) is 6.32. The molecule has 1 aromatic rings. The van der Waals surface area contributed by atoms with Crippen molar-refractivity contribution in [2.45, 2.75) is 46.5 Å². The third-order valence-electron chi connectivity index (χ3n) is 4.12. The highest BCUT2D eigenvalue weighted by atomic mass is 19.2. The van der Waals surface area contributed by atoms with Gasteiger partial charge in [-0.3, -0.25) is 24.7 Å². The Kier molecular flexibility index (Phi) is 9.43. The van der Waals surface area contributed by atoms with E-state index in [9.17, 15) is 32.9 Å². The molecule has 0 fully saturated rings. The highest BCUT2D eigenvalue weighted by Crippen LogP contribution is 2.32. The van der Waals surface area contributed by atoms with E-state index >= 15 is 0 Å². The number of nitro groups is 1. The standard InChI is InChI=1S/C19H23F3N2O5/c1-4-6-8-23-10-12(19(26)29-9-7-5-2)18(25)13-14(20)11(3)15(21)16(22)17(13)24(27)28/h10,12H,4-9H2,1-3H3. The maximum atomic E-state index is 14.6. The molecule has 1 unspecified atom stereocenters. The first-order valence-corrected chi connectivity index (χ1v) is 9.21. The summed E-state index contributed by atoms with van der Waals surface area (Å²) in [5.41, 5.74) is -3.88. The van der Waals surface area contributed by atoms with Gasteiger partial charge in [0, 0.05) is 18.3 Å². The summed E-state index contributed by atoms with van der Waals surface area (Å²) in [6.45, 7) is 4.79. The molecule has 160 valence electrons. The molecule has 0 spiro atoms. The molecule has 7 nitrogen and oxygen atoms in total. The van der Waals surface area contributed by atoms with Crippen LogP contribution in [-0.4, -0.2) is 36.0 Å². The number of nitro benzene ring substituents is 1. The number of nitrogens with zero attached hydrogens (tertiary/aromatic N) is 2. The SMILES string of the molecule is CCCCN=CC(C(=O)OCCCC)C(=O)c1c(F)c(C)c(F)c(F)c1[N+](=O)[O-]. The maximum Gasteiger partial charge on any atom is 0.322 e. The molecule has 0 radical (unpaired) electrons. The molecule has 0 saturated carbocycles. The zero-order valence-corrected chi connectivity index (χ0v) is 16.5. The van der Waals surface area contributed by atoms with Gasteiger partial charge in [-0.1, -0.05) is 26.7 Å². The van der Waals surface area contributed by atoms with Crippen LogP contribution in [0.15, 0.2) is 4.99 Å². The number of ether oxygens (including phenoxy) is 1.